The van der Waals surface area contributed by atoms with E-state index in [4.69, 9.17) is 10.5 Å². The summed E-state index contributed by atoms with van der Waals surface area (Å²) >= 11 is 0. The molecule has 0 aliphatic rings. The fourth-order valence-corrected chi connectivity index (χ4v) is 1.84. The summed E-state index contributed by atoms with van der Waals surface area (Å²) in [6.07, 6.45) is 2.83. The molecule has 0 radical (unpaired) electrons. The number of aromatic nitrogens is 2. The van der Waals surface area contributed by atoms with E-state index in [9.17, 15) is 0 Å². The Balaban J connectivity index is 1.95. The zero-order chi connectivity index (χ0) is 12.8. The van der Waals surface area contributed by atoms with Crippen molar-refractivity contribution >= 4 is 0 Å². The van der Waals surface area contributed by atoms with Crippen molar-refractivity contribution in [3.05, 3.63) is 48.3 Å². The Bertz CT molecular complexity index is 467. The van der Waals surface area contributed by atoms with Gasteiger partial charge >= 0.3 is 0 Å². The highest BCUT2D eigenvalue weighted by molar-refractivity contribution is 5.21. The van der Waals surface area contributed by atoms with Crippen molar-refractivity contribution in [2.75, 3.05) is 6.61 Å². The third-order valence-electron chi connectivity index (χ3n) is 2.74. The fourth-order valence-electron chi connectivity index (χ4n) is 1.84. The van der Waals surface area contributed by atoms with Crippen LogP contribution in [0.4, 0.5) is 0 Å². The lowest BCUT2D eigenvalue weighted by Gasteiger charge is -2.15. The van der Waals surface area contributed by atoms with Crippen LogP contribution in [0.3, 0.4) is 0 Å². The van der Waals surface area contributed by atoms with Crippen molar-refractivity contribution in [2.24, 2.45) is 5.73 Å². The Kier molecular flexibility index (Phi) is 4.36. The molecule has 2 N–H and O–H groups in total. The van der Waals surface area contributed by atoms with Crippen molar-refractivity contribution in [3.8, 4) is 5.75 Å². The van der Waals surface area contributed by atoms with E-state index in [1.165, 1.54) is 0 Å². The molecule has 1 aromatic heterocycles. The maximum Gasteiger partial charge on any atom is 0.119 e. The van der Waals surface area contributed by atoms with Gasteiger partial charge in [-0.15, -0.1) is 0 Å². The van der Waals surface area contributed by atoms with Gasteiger partial charge in [0.05, 0.1) is 11.7 Å². The van der Waals surface area contributed by atoms with Gasteiger partial charge in [-0.05, 0) is 24.6 Å². The van der Waals surface area contributed by atoms with E-state index < -0.39 is 0 Å². The maximum absolute atomic E-state index is 6.13. The standard InChI is InChI=1S/C14H19N3O/c1-2-10-17-14(8-9-16-17)13(15)11-18-12-6-4-3-5-7-12/h3-9,13H,2,10-11,15H2,1H3. The largest absolute Gasteiger partial charge is 0.492 e. The Morgan fingerprint density at radius 1 is 1.28 bits per heavy atom. The van der Waals surface area contributed by atoms with E-state index in [2.05, 4.69) is 12.0 Å². The summed E-state index contributed by atoms with van der Waals surface area (Å²) in [5.41, 5.74) is 7.15. The molecule has 0 spiro atoms. The van der Waals surface area contributed by atoms with Gasteiger partial charge in [-0.1, -0.05) is 25.1 Å². The van der Waals surface area contributed by atoms with Gasteiger partial charge in [-0.25, -0.2) is 0 Å². The lowest BCUT2D eigenvalue weighted by atomic mass is 10.2. The molecule has 1 unspecified atom stereocenters. The molecule has 0 amide bonds. The summed E-state index contributed by atoms with van der Waals surface area (Å²) in [5.74, 6) is 0.842. The Labute approximate surface area is 107 Å². The van der Waals surface area contributed by atoms with E-state index in [1.807, 2.05) is 41.1 Å². The van der Waals surface area contributed by atoms with E-state index in [0.29, 0.717) is 6.61 Å². The molecular weight excluding hydrogens is 226 g/mol. The molecule has 0 aliphatic heterocycles. The lowest BCUT2D eigenvalue weighted by Crippen LogP contribution is -2.22. The van der Waals surface area contributed by atoms with Crippen LogP contribution in [0.15, 0.2) is 42.6 Å². The normalized spacial score (nSPS) is 12.3. The molecule has 0 aliphatic carbocycles. The van der Waals surface area contributed by atoms with Gasteiger partial charge in [-0.2, -0.15) is 5.10 Å². The van der Waals surface area contributed by atoms with Crippen molar-refractivity contribution < 1.29 is 4.74 Å². The molecule has 2 rings (SSSR count). The summed E-state index contributed by atoms with van der Waals surface area (Å²) < 4.78 is 7.60. The highest BCUT2D eigenvalue weighted by Crippen LogP contribution is 2.14. The van der Waals surface area contributed by atoms with Gasteiger partial charge < -0.3 is 10.5 Å². The van der Waals surface area contributed by atoms with Crippen molar-refractivity contribution in [1.82, 2.24) is 9.78 Å². The smallest absolute Gasteiger partial charge is 0.119 e. The quantitative estimate of drug-likeness (QED) is 0.850. The molecule has 0 saturated heterocycles. The summed E-state index contributed by atoms with van der Waals surface area (Å²) in [6.45, 7) is 3.47. The molecule has 4 nitrogen and oxygen atoms in total. The van der Waals surface area contributed by atoms with Crippen LogP contribution in [0, 0.1) is 0 Å². The first-order chi connectivity index (χ1) is 8.81. The first-order valence-corrected chi connectivity index (χ1v) is 6.26. The van der Waals surface area contributed by atoms with Crippen LogP contribution in [0.25, 0.3) is 0 Å². The first kappa shape index (κ1) is 12.6. The lowest BCUT2D eigenvalue weighted by molar-refractivity contribution is 0.284. The van der Waals surface area contributed by atoms with Crippen LogP contribution in [0.5, 0.6) is 5.75 Å². The van der Waals surface area contributed by atoms with E-state index >= 15 is 0 Å². The molecule has 0 bridgehead atoms. The van der Waals surface area contributed by atoms with Gasteiger partial charge in [-0.3, -0.25) is 4.68 Å². The van der Waals surface area contributed by atoms with E-state index in [-0.39, 0.29) is 6.04 Å². The minimum Gasteiger partial charge on any atom is -0.492 e. The number of nitrogens with two attached hydrogens (primary N) is 1. The number of ether oxygens (including phenoxy) is 1. The van der Waals surface area contributed by atoms with Gasteiger partial charge in [0.15, 0.2) is 0 Å². The van der Waals surface area contributed by atoms with Crippen LogP contribution in [-0.4, -0.2) is 16.4 Å². The van der Waals surface area contributed by atoms with Gasteiger partial charge in [0.1, 0.15) is 12.4 Å². The van der Waals surface area contributed by atoms with Gasteiger partial charge in [0, 0.05) is 12.7 Å². The molecule has 4 heteroatoms. The predicted octanol–water partition coefficient (Wildman–Crippen LogP) is 2.37. The van der Waals surface area contributed by atoms with Crippen LogP contribution in [0.1, 0.15) is 25.1 Å². The SMILES string of the molecule is CCCn1nccc1C(N)COc1ccccc1. The van der Waals surface area contributed by atoms with Crippen molar-refractivity contribution in [3.63, 3.8) is 0 Å². The molecule has 2 aromatic rings. The number of para-hydroxylation sites is 1. The first-order valence-electron chi connectivity index (χ1n) is 6.26. The maximum atomic E-state index is 6.13. The zero-order valence-electron chi connectivity index (χ0n) is 10.6. The summed E-state index contributed by atoms with van der Waals surface area (Å²) in [7, 11) is 0. The molecule has 96 valence electrons. The third kappa shape index (κ3) is 3.11. The second kappa shape index (κ2) is 6.21. The summed E-state index contributed by atoms with van der Waals surface area (Å²) in [4.78, 5) is 0. The number of aryl methyl sites for hydroxylation is 1. The molecule has 1 atom stereocenters. The summed E-state index contributed by atoms with van der Waals surface area (Å²) in [5, 5.41) is 4.26. The second-order valence-electron chi connectivity index (χ2n) is 4.21. The third-order valence-corrected chi connectivity index (χ3v) is 2.74. The Morgan fingerprint density at radius 2 is 2.06 bits per heavy atom. The number of hydrogen-bond acceptors (Lipinski definition) is 3. The molecule has 0 fully saturated rings. The Morgan fingerprint density at radius 3 is 2.78 bits per heavy atom. The second-order valence-corrected chi connectivity index (χ2v) is 4.21. The van der Waals surface area contributed by atoms with Crippen molar-refractivity contribution in [1.29, 1.82) is 0 Å². The number of hydrogen-bond donors (Lipinski definition) is 1. The molecule has 18 heavy (non-hydrogen) atoms. The van der Waals surface area contributed by atoms with Gasteiger partial charge in [0.25, 0.3) is 0 Å². The zero-order valence-corrected chi connectivity index (χ0v) is 10.6. The van der Waals surface area contributed by atoms with Crippen LogP contribution in [-0.2, 0) is 6.54 Å². The topological polar surface area (TPSA) is 53.1 Å². The minimum absolute atomic E-state index is 0.153. The van der Waals surface area contributed by atoms with E-state index in [0.717, 1.165) is 24.4 Å². The minimum atomic E-state index is -0.153. The molecular formula is C14H19N3O. The average molecular weight is 245 g/mol. The molecule has 1 aromatic carbocycles. The van der Waals surface area contributed by atoms with Crippen molar-refractivity contribution in [2.45, 2.75) is 25.9 Å². The van der Waals surface area contributed by atoms with Crippen LogP contribution in [0.2, 0.25) is 0 Å². The van der Waals surface area contributed by atoms with Crippen LogP contribution >= 0.6 is 0 Å². The number of nitrogens with zero attached hydrogens (tertiary/aromatic N) is 2. The molecule has 0 saturated carbocycles. The molecule has 1 heterocycles. The summed E-state index contributed by atoms with van der Waals surface area (Å²) in [6, 6.07) is 11.5. The highest BCUT2D eigenvalue weighted by atomic mass is 16.5. The monoisotopic (exact) mass is 245 g/mol. The van der Waals surface area contributed by atoms with Gasteiger partial charge in [0.2, 0.25) is 0 Å². The predicted molar refractivity (Wildman–Crippen MR) is 71.4 cm³/mol. The highest BCUT2D eigenvalue weighted by Gasteiger charge is 2.12. The number of benzene rings is 1. The Hall–Kier alpha value is -1.81. The fraction of sp³-hybridized carbons (Fsp3) is 0.357. The number of rotatable bonds is 6. The van der Waals surface area contributed by atoms with Crippen LogP contribution < -0.4 is 10.5 Å². The average Bonchev–Trinajstić information content (AvgIpc) is 2.86. The van der Waals surface area contributed by atoms with E-state index in [1.54, 1.807) is 6.20 Å².